The summed E-state index contributed by atoms with van der Waals surface area (Å²) in [7, 11) is 3.07. The fourth-order valence-corrected chi connectivity index (χ4v) is 2.98. The van der Waals surface area contributed by atoms with Gasteiger partial charge in [0.15, 0.2) is 6.29 Å². The molecule has 0 saturated carbocycles. The van der Waals surface area contributed by atoms with Gasteiger partial charge in [-0.25, -0.2) is 4.79 Å². The van der Waals surface area contributed by atoms with Gasteiger partial charge < -0.3 is 24.5 Å². The molecule has 0 aliphatic carbocycles. The summed E-state index contributed by atoms with van der Waals surface area (Å²) in [5.74, 6) is -0.856. The van der Waals surface area contributed by atoms with Crippen LogP contribution in [0, 0.1) is 0 Å². The van der Waals surface area contributed by atoms with E-state index in [1.807, 2.05) is 0 Å². The number of esters is 1. The van der Waals surface area contributed by atoms with Gasteiger partial charge in [-0.15, -0.1) is 0 Å². The molecule has 2 heterocycles. The Balaban J connectivity index is 1.76. The first kappa shape index (κ1) is 18.7. The molecule has 2 N–H and O–H groups in total. The van der Waals surface area contributed by atoms with Crippen LogP contribution in [0.4, 0.5) is 5.69 Å². The van der Waals surface area contributed by atoms with Gasteiger partial charge in [-0.1, -0.05) is 11.6 Å². The van der Waals surface area contributed by atoms with Crippen LogP contribution in [0.3, 0.4) is 0 Å². The first-order chi connectivity index (χ1) is 12.5. The van der Waals surface area contributed by atoms with Crippen molar-refractivity contribution in [2.75, 3.05) is 45.8 Å². The molecule has 0 unspecified atom stereocenters. The second kappa shape index (κ2) is 8.05. The molecule has 1 aliphatic heterocycles. The number of amides is 1. The van der Waals surface area contributed by atoms with Crippen molar-refractivity contribution in [2.45, 2.75) is 6.29 Å². The van der Waals surface area contributed by atoms with Gasteiger partial charge in [-0.05, 0) is 25.2 Å². The number of benzene rings is 1. The van der Waals surface area contributed by atoms with Gasteiger partial charge in [-0.3, -0.25) is 9.69 Å². The van der Waals surface area contributed by atoms with Crippen molar-refractivity contribution in [3.8, 4) is 0 Å². The van der Waals surface area contributed by atoms with Crippen LogP contribution < -0.4 is 5.32 Å². The van der Waals surface area contributed by atoms with Crippen LogP contribution in [-0.4, -0.2) is 68.5 Å². The topological polar surface area (TPSA) is 92.9 Å². The van der Waals surface area contributed by atoms with E-state index in [1.54, 1.807) is 30.1 Å². The number of carbonyl (C=O) groups is 2. The molecule has 0 spiro atoms. The summed E-state index contributed by atoms with van der Waals surface area (Å²) < 4.78 is 15.5. The van der Waals surface area contributed by atoms with Gasteiger partial charge in [-0.2, -0.15) is 0 Å². The van der Waals surface area contributed by atoms with Gasteiger partial charge in [0.05, 0.1) is 32.6 Å². The average molecular weight is 382 g/mol. The third-order valence-electron chi connectivity index (χ3n) is 3.98. The summed E-state index contributed by atoms with van der Waals surface area (Å²) in [4.78, 5) is 29.2. The Bertz CT molecular complexity index is 816. The monoisotopic (exact) mass is 381 g/mol. The van der Waals surface area contributed by atoms with Crippen molar-refractivity contribution in [3.63, 3.8) is 0 Å². The molecule has 9 heteroatoms. The van der Waals surface area contributed by atoms with Crippen molar-refractivity contribution < 1.29 is 23.8 Å². The summed E-state index contributed by atoms with van der Waals surface area (Å²) >= 11 is 6.05. The zero-order chi connectivity index (χ0) is 18.7. The lowest BCUT2D eigenvalue weighted by Gasteiger charge is -2.19. The highest BCUT2D eigenvalue weighted by Gasteiger charge is 2.22. The zero-order valence-corrected chi connectivity index (χ0v) is 15.3. The number of hydrogen-bond acceptors (Lipinski definition) is 6. The SMILES string of the molecule is COC(=O)c1[nH]c2ccc(Cl)cc2c1NC(=O)CN(C)CC1OCCO1. The molecule has 1 aliphatic rings. The molecule has 140 valence electrons. The summed E-state index contributed by atoms with van der Waals surface area (Å²) in [5.41, 5.74) is 1.19. The molecular weight excluding hydrogens is 362 g/mol. The Hall–Kier alpha value is -2.13. The fourth-order valence-electron chi connectivity index (χ4n) is 2.80. The van der Waals surface area contributed by atoms with Crippen LogP contribution in [0.15, 0.2) is 18.2 Å². The standard InChI is InChI=1S/C17H20ClN3O5/c1-21(9-14-25-5-6-26-14)8-13(22)20-15-11-7-10(18)3-4-12(11)19-16(15)17(23)24-2/h3-4,7,14,19H,5-6,8-9H2,1-2H3,(H,20,22). The van der Waals surface area contributed by atoms with E-state index >= 15 is 0 Å². The van der Waals surface area contributed by atoms with Crippen LogP contribution in [0.25, 0.3) is 10.9 Å². The second-order valence-corrected chi connectivity index (χ2v) is 6.41. The highest BCUT2D eigenvalue weighted by atomic mass is 35.5. The quantitative estimate of drug-likeness (QED) is 0.742. The van der Waals surface area contributed by atoms with Crippen molar-refractivity contribution in [1.29, 1.82) is 0 Å². The molecule has 1 fully saturated rings. The number of methoxy groups -OCH3 is 1. The van der Waals surface area contributed by atoms with Gasteiger partial charge in [0.2, 0.25) is 5.91 Å². The molecule has 1 aromatic carbocycles. The zero-order valence-electron chi connectivity index (χ0n) is 14.5. The number of halogens is 1. The smallest absolute Gasteiger partial charge is 0.356 e. The molecule has 3 rings (SSSR count). The number of hydrogen-bond donors (Lipinski definition) is 2. The maximum atomic E-state index is 12.5. The Morgan fingerprint density at radius 2 is 2.12 bits per heavy atom. The lowest BCUT2D eigenvalue weighted by atomic mass is 10.2. The normalized spacial score (nSPS) is 14.9. The molecule has 8 nitrogen and oxygen atoms in total. The van der Waals surface area contributed by atoms with Gasteiger partial charge in [0.1, 0.15) is 5.69 Å². The second-order valence-electron chi connectivity index (χ2n) is 5.97. The first-order valence-corrected chi connectivity index (χ1v) is 8.47. The molecule has 0 bridgehead atoms. The number of anilines is 1. The highest BCUT2D eigenvalue weighted by Crippen LogP contribution is 2.30. The molecule has 1 amide bonds. The minimum atomic E-state index is -0.575. The summed E-state index contributed by atoms with van der Waals surface area (Å²) in [6.07, 6.45) is -0.328. The predicted octanol–water partition coefficient (Wildman–Crippen LogP) is 1.85. The molecule has 26 heavy (non-hydrogen) atoms. The van der Waals surface area contributed by atoms with E-state index in [2.05, 4.69) is 10.3 Å². The van der Waals surface area contributed by atoms with Crippen molar-refractivity contribution in [2.24, 2.45) is 0 Å². The number of H-pyrrole nitrogens is 1. The first-order valence-electron chi connectivity index (χ1n) is 8.09. The van der Waals surface area contributed by atoms with E-state index in [9.17, 15) is 9.59 Å². The number of fused-ring (bicyclic) bond motifs is 1. The number of rotatable bonds is 6. The minimum absolute atomic E-state index is 0.108. The third kappa shape index (κ3) is 4.16. The summed E-state index contributed by atoms with van der Waals surface area (Å²) in [6.45, 7) is 1.70. The minimum Gasteiger partial charge on any atom is -0.464 e. The van der Waals surface area contributed by atoms with Crippen LogP contribution in [-0.2, 0) is 19.0 Å². The summed E-state index contributed by atoms with van der Waals surface area (Å²) in [5, 5.41) is 3.91. The van der Waals surface area contributed by atoms with Gasteiger partial charge in [0.25, 0.3) is 0 Å². The highest BCUT2D eigenvalue weighted by molar-refractivity contribution is 6.31. The van der Waals surface area contributed by atoms with E-state index in [4.69, 9.17) is 25.8 Å². The van der Waals surface area contributed by atoms with Crippen molar-refractivity contribution >= 4 is 40.1 Å². The van der Waals surface area contributed by atoms with Crippen molar-refractivity contribution in [1.82, 2.24) is 9.88 Å². The van der Waals surface area contributed by atoms with E-state index in [1.165, 1.54) is 7.11 Å². The number of likely N-dealkylation sites (N-methyl/N-ethyl adjacent to an activating group) is 1. The Morgan fingerprint density at radius 1 is 1.38 bits per heavy atom. The number of aromatic amines is 1. The van der Waals surface area contributed by atoms with E-state index in [-0.39, 0.29) is 24.4 Å². The molecule has 2 aromatic rings. The Morgan fingerprint density at radius 3 is 2.81 bits per heavy atom. The predicted molar refractivity (Wildman–Crippen MR) is 96.5 cm³/mol. The molecule has 1 aromatic heterocycles. The van der Waals surface area contributed by atoms with E-state index in [0.717, 1.165) is 0 Å². The lowest BCUT2D eigenvalue weighted by molar-refractivity contribution is -0.118. The molecule has 0 radical (unpaired) electrons. The third-order valence-corrected chi connectivity index (χ3v) is 4.21. The number of nitrogens with one attached hydrogen (secondary N) is 2. The van der Waals surface area contributed by atoms with Crippen LogP contribution in [0.1, 0.15) is 10.5 Å². The maximum Gasteiger partial charge on any atom is 0.356 e. The summed E-state index contributed by atoms with van der Waals surface area (Å²) in [6, 6.07) is 5.11. The number of aromatic nitrogens is 1. The number of nitrogens with zero attached hydrogens (tertiary/aromatic N) is 1. The van der Waals surface area contributed by atoms with Gasteiger partial charge in [0, 0.05) is 22.5 Å². The largest absolute Gasteiger partial charge is 0.464 e. The van der Waals surface area contributed by atoms with E-state index in [0.29, 0.717) is 41.4 Å². The number of ether oxygens (including phenoxy) is 3. The Labute approximate surface area is 155 Å². The van der Waals surface area contributed by atoms with Gasteiger partial charge >= 0.3 is 5.97 Å². The Kier molecular flexibility index (Phi) is 5.77. The number of carbonyl (C=O) groups excluding carboxylic acids is 2. The molecule has 0 atom stereocenters. The molecule has 1 saturated heterocycles. The maximum absolute atomic E-state index is 12.5. The average Bonchev–Trinajstić information content (AvgIpc) is 3.22. The van der Waals surface area contributed by atoms with Crippen LogP contribution in [0.5, 0.6) is 0 Å². The fraction of sp³-hybridized carbons (Fsp3) is 0.412. The van der Waals surface area contributed by atoms with E-state index < -0.39 is 5.97 Å². The van der Waals surface area contributed by atoms with Crippen LogP contribution in [0.2, 0.25) is 5.02 Å². The van der Waals surface area contributed by atoms with Crippen LogP contribution >= 0.6 is 11.6 Å². The molecular formula is C17H20ClN3O5. The van der Waals surface area contributed by atoms with Crippen molar-refractivity contribution in [3.05, 3.63) is 28.9 Å². The lowest BCUT2D eigenvalue weighted by Crippen LogP contribution is -2.36.